The maximum absolute atomic E-state index is 11.4. The van der Waals surface area contributed by atoms with Crippen LogP contribution < -0.4 is 5.11 Å². The highest BCUT2D eigenvalue weighted by Gasteiger charge is 2.41. The average Bonchev–Trinajstić information content (AvgIpc) is 2.42. The van der Waals surface area contributed by atoms with E-state index in [0.29, 0.717) is 12.8 Å². The van der Waals surface area contributed by atoms with Gasteiger partial charge in [-0.25, -0.2) is 0 Å². The summed E-state index contributed by atoms with van der Waals surface area (Å²) >= 11 is 0. The summed E-state index contributed by atoms with van der Waals surface area (Å²) in [4.78, 5) is 22.5. The molecule has 1 fully saturated rings. The number of rotatable bonds is 2. The molecule has 0 aromatic rings. The van der Waals surface area contributed by atoms with E-state index in [-0.39, 0.29) is 0 Å². The number of carbonyl (C=O) groups is 2. The lowest BCUT2D eigenvalue weighted by Gasteiger charge is -2.30. The van der Waals surface area contributed by atoms with Crippen LogP contribution in [0.2, 0.25) is 0 Å². The van der Waals surface area contributed by atoms with Crippen LogP contribution in [0.3, 0.4) is 0 Å². The molecular weight excluding hydrogens is 184 g/mol. The smallest absolute Gasteiger partial charge is 0.317 e. The molecule has 1 aliphatic carbocycles. The van der Waals surface area contributed by atoms with Gasteiger partial charge >= 0.3 is 5.97 Å². The van der Waals surface area contributed by atoms with Gasteiger partial charge in [0.2, 0.25) is 0 Å². The van der Waals surface area contributed by atoms with Crippen LogP contribution in [0.1, 0.15) is 38.5 Å². The molecule has 0 aromatic heterocycles. The number of hydrogen-bond donors (Lipinski definition) is 0. The predicted molar refractivity (Wildman–Crippen MR) is 47.2 cm³/mol. The van der Waals surface area contributed by atoms with E-state index >= 15 is 0 Å². The summed E-state index contributed by atoms with van der Waals surface area (Å²) in [6.45, 7) is 0. The third-order valence-electron chi connectivity index (χ3n) is 2.92. The monoisotopic (exact) mass is 199 g/mol. The van der Waals surface area contributed by atoms with Crippen LogP contribution in [0.4, 0.5) is 0 Å². The molecule has 0 atom stereocenters. The van der Waals surface area contributed by atoms with Crippen LogP contribution in [-0.4, -0.2) is 19.0 Å². The van der Waals surface area contributed by atoms with Gasteiger partial charge in [0.1, 0.15) is 5.41 Å². The van der Waals surface area contributed by atoms with Crippen molar-refractivity contribution in [1.29, 1.82) is 0 Å². The van der Waals surface area contributed by atoms with E-state index < -0.39 is 17.4 Å². The number of hydrogen-bond acceptors (Lipinski definition) is 4. The van der Waals surface area contributed by atoms with Crippen molar-refractivity contribution in [2.75, 3.05) is 7.11 Å². The van der Waals surface area contributed by atoms with E-state index in [1.165, 1.54) is 7.11 Å². The Bertz CT molecular complexity index is 226. The molecule has 1 saturated carbocycles. The molecular formula is C10H15O4-. The van der Waals surface area contributed by atoms with Crippen LogP contribution in [-0.2, 0) is 14.3 Å². The standard InChI is InChI=1S/C10H16O4/c1-14-9(13)10(8(11)12)6-4-2-3-5-7-10/h2-7H2,1H3,(H,11,12)/p-1. The van der Waals surface area contributed by atoms with Crippen LogP contribution in [0, 0.1) is 5.41 Å². The van der Waals surface area contributed by atoms with E-state index in [1.807, 2.05) is 0 Å². The van der Waals surface area contributed by atoms with Gasteiger partial charge in [-0.2, -0.15) is 0 Å². The van der Waals surface area contributed by atoms with Crippen molar-refractivity contribution in [3.05, 3.63) is 0 Å². The summed E-state index contributed by atoms with van der Waals surface area (Å²) in [5.41, 5.74) is -1.38. The molecule has 4 heteroatoms. The molecule has 1 rings (SSSR count). The SMILES string of the molecule is COC(=O)C1(C(=O)[O-])CCCCCC1. The number of aliphatic carboxylic acids is 1. The Kier molecular flexibility index (Phi) is 3.49. The molecule has 80 valence electrons. The summed E-state index contributed by atoms with van der Waals surface area (Å²) in [5, 5.41) is 11.0. The maximum atomic E-state index is 11.4. The first-order valence-corrected chi connectivity index (χ1v) is 4.93. The minimum atomic E-state index is -1.38. The molecule has 14 heavy (non-hydrogen) atoms. The number of ether oxygens (including phenoxy) is 1. The minimum absolute atomic E-state index is 0.349. The molecule has 0 spiro atoms. The first-order valence-electron chi connectivity index (χ1n) is 4.93. The van der Waals surface area contributed by atoms with Gasteiger partial charge in [0.25, 0.3) is 0 Å². The van der Waals surface area contributed by atoms with E-state index in [1.54, 1.807) is 0 Å². The number of carboxylic acids is 1. The lowest BCUT2D eigenvalue weighted by Crippen LogP contribution is -2.48. The molecule has 0 saturated heterocycles. The van der Waals surface area contributed by atoms with Crippen LogP contribution >= 0.6 is 0 Å². The Morgan fingerprint density at radius 1 is 1.14 bits per heavy atom. The molecule has 0 bridgehead atoms. The van der Waals surface area contributed by atoms with Gasteiger partial charge in [-0.3, -0.25) is 4.79 Å². The lowest BCUT2D eigenvalue weighted by atomic mass is 9.80. The fourth-order valence-electron chi connectivity index (χ4n) is 2.02. The second kappa shape index (κ2) is 4.44. The van der Waals surface area contributed by atoms with Crippen molar-refractivity contribution in [2.24, 2.45) is 5.41 Å². The Morgan fingerprint density at radius 2 is 1.64 bits per heavy atom. The number of carbonyl (C=O) groups excluding carboxylic acids is 2. The van der Waals surface area contributed by atoms with E-state index in [0.717, 1.165) is 25.7 Å². The maximum Gasteiger partial charge on any atom is 0.317 e. The summed E-state index contributed by atoms with van der Waals surface area (Å²) < 4.78 is 4.55. The normalized spacial score (nSPS) is 20.9. The molecule has 0 radical (unpaired) electrons. The minimum Gasteiger partial charge on any atom is -0.549 e. The predicted octanol–water partition coefficient (Wildman–Crippen LogP) is 0.250. The third-order valence-corrected chi connectivity index (χ3v) is 2.92. The third kappa shape index (κ3) is 1.89. The number of carboxylic acid groups (broad SMARTS) is 1. The van der Waals surface area contributed by atoms with Crippen molar-refractivity contribution in [1.82, 2.24) is 0 Å². The first-order chi connectivity index (χ1) is 6.63. The number of methoxy groups -OCH3 is 1. The summed E-state index contributed by atoms with van der Waals surface area (Å²) in [6, 6.07) is 0. The highest BCUT2D eigenvalue weighted by molar-refractivity contribution is 5.98. The van der Waals surface area contributed by atoms with Gasteiger partial charge in [-0.1, -0.05) is 25.7 Å². The lowest BCUT2D eigenvalue weighted by molar-refractivity contribution is -0.318. The van der Waals surface area contributed by atoms with Crippen LogP contribution in [0.25, 0.3) is 0 Å². The largest absolute Gasteiger partial charge is 0.549 e. The van der Waals surface area contributed by atoms with Crippen molar-refractivity contribution >= 4 is 11.9 Å². The second-order valence-electron chi connectivity index (χ2n) is 3.78. The molecule has 0 amide bonds. The van der Waals surface area contributed by atoms with Gasteiger partial charge < -0.3 is 14.6 Å². The fourth-order valence-corrected chi connectivity index (χ4v) is 2.02. The average molecular weight is 199 g/mol. The van der Waals surface area contributed by atoms with Crippen molar-refractivity contribution in [3.8, 4) is 0 Å². The zero-order valence-electron chi connectivity index (χ0n) is 8.38. The van der Waals surface area contributed by atoms with Gasteiger partial charge in [0, 0.05) is 0 Å². The Balaban J connectivity index is 2.88. The van der Waals surface area contributed by atoms with E-state index in [2.05, 4.69) is 4.74 Å². The highest BCUT2D eigenvalue weighted by atomic mass is 16.5. The highest BCUT2D eigenvalue weighted by Crippen LogP contribution is 2.35. The molecule has 1 aliphatic rings. The van der Waals surface area contributed by atoms with Gasteiger partial charge in [-0.15, -0.1) is 0 Å². The van der Waals surface area contributed by atoms with Crippen molar-refractivity contribution < 1.29 is 19.4 Å². The van der Waals surface area contributed by atoms with E-state index in [4.69, 9.17) is 0 Å². The Morgan fingerprint density at radius 3 is 2.00 bits per heavy atom. The second-order valence-corrected chi connectivity index (χ2v) is 3.78. The first kappa shape index (κ1) is 11.0. The van der Waals surface area contributed by atoms with Crippen LogP contribution in [0.15, 0.2) is 0 Å². The molecule has 0 aliphatic heterocycles. The molecule has 0 N–H and O–H groups in total. The van der Waals surface area contributed by atoms with Gasteiger partial charge in [0.15, 0.2) is 0 Å². The zero-order valence-corrected chi connectivity index (χ0v) is 8.38. The Labute approximate surface area is 83.2 Å². The van der Waals surface area contributed by atoms with Gasteiger partial charge in [-0.05, 0) is 12.8 Å². The Hall–Kier alpha value is -1.06. The van der Waals surface area contributed by atoms with Crippen molar-refractivity contribution in [3.63, 3.8) is 0 Å². The fraction of sp³-hybridized carbons (Fsp3) is 0.800. The van der Waals surface area contributed by atoms with Gasteiger partial charge in [0.05, 0.1) is 13.1 Å². The van der Waals surface area contributed by atoms with Crippen molar-refractivity contribution in [2.45, 2.75) is 38.5 Å². The summed E-state index contributed by atoms with van der Waals surface area (Å²) in [5.74, 6) is -1.94. The molecule has 0 unspecified atom stereocenters. The topological polar surface area (TPSA) is 66.4 Å². The molecule has 4 nitrogen and oxygen atoms in total. The quantitative estimate of drug-likeness (QED) is 0.363. The van der Waals surface area contributed by atoms with E-state index in [9.17, 15) is 14.7 Å². The summed E-state index contributed by atoms with van der Waals surface area (Å²) in [7, 11) is 1.22. The number of esters is 1. The summed E-state index contributed by atoms with van der Waals surface area (Å²) in [6.07, 6.45) is 4.16. The van der Waals surface area contributed by atoms with Crippen LogP contribution in [0.5, 0.6) is 0 Å². The molecule has 0 heterocycles. The zero-order chi connectivity index (χ0) is 10.6. The molecule has 0 aromatic carbocycles.